The molecule has 0 aliphatic carbocycles. The first kappa shape index (κ1) is 15.0. The third-order valence-corrected chi connectivity index (χ3v) is 5.11. The van der Waals surface area contributed by atoms with Crippen molar-refractivity contribution in [3.05, 3.63) is 16.0 Å². The van der Waals surface area contributed by atoms with Crippen molar-refractivity contribution in [2.24, 2.45) is 5.92 Å². The van der Waals surface area contributed by atoms with Gasteiger partial charge in [0, 0.05) is 11.3 Å². The maximum atomic E-state index is 12.0. The molecular formula is C15H21N3OS. The molecule has 108 valence electrons. The Balaban J connectivity index is 1.88. The second-order valence-electron chi connectivity index (χ2n) is 5.38. The molecule has 20 heavy (non-hydrogen) atoms. The van der Waals surface area contributed by atoms with E-state index in [9.17, 15) is 4.79 Å². The maximum absolute atomic E-state index is 12.0. The Bertz CT molecular complexity index is 524. The normalized spacial score (nSPS) is 15.8. The molecule has 5 heteroatoms. The monoisotopic (exact) mass is 291 g/mol. The number of thiophene rings is 1. The Kier molecular flexibility index (Phi) is 5.16. The second kappa shape index (κ2) is 6.87. The average molecular weight is 291 g/mol. The standard InChI is InChI=1S/C15H21N3OS/c1-10-11(2)20-15(13(10)9-16)18-14(19)4-3-12-5-7-17-8-6-12/h12,17H,3-8H2,1-2H3,(H,18,19). The molecule has 0 aromatic carbocycles. The minimum atomic E-state index is 0.0290. The highest BCUT2D eigenvalue weighted by atomic mass is 32.1. The van der Waals surface area contributed by atoms with Crippen LogP contribution in [-0.4, -0.2) is 19.0 Å². The van der Waals surface area contributed by atoms with E-state index >= 15 is 0 Å². The molecule has 2 heterocycles. The predicted octanol–water partition coefficient (Wildman–Crippen LogP) is 2.95. The van der Waals surface area contributed by atoms with E-state index in [1.807, 2.05) is 13.8 Å². The summed E-state index contributed by atoms with van der Waals surface area (Å²) in [5, 5.41) is 16.1. The topological polar surface area (TPSA) is 64.9 Å². The lowest BCUT2D eigenvalue weighted by atomic mass is 9.93. The molecule has 1 aromatic rings. The molecule has 1 aliphatic rings. The van der Waals surface area contributed by atoms with Gasteiger partial charge in [-0.2, -0.15) is 5.26 Å². The fourth-order valence-corrected chi connectivity index (χ4v) is 3.57. The van der Waals surface area contributed by atoms with Crippen LogP contribution in [0.5, 0.6) is 0 Å². The molecule has 1 amide bonds. The Morgan fingerprint density at radius 2 is 2.15 bits per heavy atom. The largest absolute Gasteiger partial charge is 0.317 e. The van der Waals surface area contributed by atoms with E-state index in [-0.39, 0.29) is 5.91 Å². The average Bonchev–Trinajstić information content (AvgIpc) is 2.72. The first-order valence-electron chi connectivity index (χ1n) is 7.12. The van der Waals surface area contributed by atoms with Gasteiger partial charge in [-0.3, -0.25) is 4.79 Å². The number of amides is 1. The van der Waals surface area contributed by atoms with Crippen LogP contribution in [-0.2, 0) is 4.79 Å². The molecule has 2 rings (SSSR count). The van der Waals surface area contributed by atoms with Crippen molar-refractivity contribution in [2.45, 2.75) is 39.5 Å². The number of carbonyl (C=O) groups excluding carboxylic acids is 1. The van der Waals surface area contributed by atoms with E-state index < -0.39 is 0 Å². The summed E-state index contributed by atoms with van der Waals surface area (Å²) in [6.07, 6.45) is 3.81. The third-order valence-electron chi connectivity index (χ3n) is 3.99. The molecule has 1 saturated heterocycles. The van der Waals surface area contributed by atoms with E-state index in [1.54, 1.807) is 0 Å². The zero-order valence-corrected chi connectivity index (χ0v) is 12.9. The summed E-state index contributed by atoms with van der Waals surface area (Å²) in [7, 11) is 0. The van der Waals surface area contributed by atoms with Crippen LogP contribution in [0.2, 0.25) is 0 Å². The number of hydrogen-bond donors (Lipinski definition) is 2. The van der Waals surface area contributed by atoms with Gasteiger partial charge in [-0.1, -0.05) is 0 Å². The molecule has 0 radical (unpaired) electrons. The molecule has 0 saturated carbocycles. The number of nitrogens with one attached hydrogen (secondary N) is 2. The van der Waals surface area contributed by atoms with Gasteiger partial charge in [-0.05, 0) is 57.7 Å². The maximum Gasteiger partial charge on any atom is 0.225 e. The zero-order chi connectivity index (χ0) is 14.5. The van der Waals surface area contributed by atoms with Crippen LogP contribution in [0.1, 0.15) is 41.7 Å². The number of piperidine rings is 1. The minimum Gasteiger partial charge on any atom is -0.317 e. The highest BCUT2D eigenvalue weighted by Crippen LogP contribution is 2.31. The quantitative estimate of drug-likeness (QED) is 0.896. The van der Waals surface area contributed by atoms with Crippen molar-refractivity contribution in [3.8, 4) is 6.07 Å². The van der Waals surface area contributed by atoms with Crippen LogP contribution < -0.4 is 10.6 Å². The van der Waals surface area contributed by atoms with Gasteiger partial charge in [-0.25, -0.2) is 0 Å². The lowest BCUT2D eigenvalue weighted by Gasteiger charge is -2.22. The summed E-state index contributed by atoms with van der Waals surface area (Å²) < 4.78 is 0. The van der Waals surface area contributed by atoms with E-state index in [1.165, 1.54) is 11.3 Å². The summed E-state index contributed by atoms with van der Waals surface area (Å²) >= 11 is 1.49. The van der Waals surface area contributed by atoms with Crippen molar-refractivity contribution in [2.75, 3.05) is 18.4 Å². The zero-order valence-electron chi connectivity index (χ0n) is 12.1. The number of nitrogens with zero attached hydrogens (tertiary/aromatic N) is 1. The number of carbonyl (C=O) groups is 1. The van der Waals surface area contributed by atoms with E-state index in [0.29, 0.717) is 22.9 Å². The van der Waals surface area contributed by atoms with Crippen molar-refractivity contribution in [1.82, 2.24) is 5.32 Å². The number of hydrogen-bond acceptors (Lipinski definition) is 4. The van der Waals surface area contributed by atoms with Crippen LogP contribution in [0.15, 0.2) is 0 Å². The molecule has 1 aliphatic heterocycles. The molecule has 0 spiro atoms. The third kappa shape index (κ3) is 3.59. The van der Waals surface area contributed by atoms with Crippen LogP contribution in [0.4, 0.5) is 5.00 Å². The number of anilines is 1. The number of aryl methyl sites for hydroxylation is 1. The minimum absolute atomic E-state index is 0.0290. The summed E-state index contributed by atoms with van der Waals surface area (Å²) in [6, 6.07) is 2.18. The Morgan fingerprint density at radius 3 is 2.80 bits per heavy atom. The summed E-state index contributed by atoms with van der Waals surface area (Å²) in [6.45, 7) is 6.03. The summed E-state index contributed by atoms with van der Waals surface area (Å²) in [5.41, 5.74) is 1.59. The highest BCUT2D eigenvalue weighted by Gasteiger charge is 2.17. The number of nitriles is 1. The molecular weight excluding hydrogens is 270 g/mol. The highest BCUT2D eigenvalue weighted by molar-refractivity contribution is 7.16. The van der Waals surface area contributed by atoms with Crippen molar-refractivity contribution in [3.63, 3.8) is 0 Å². The van der Waals surface area contributed by atoms with Crippen molar-refractivity contribution < 1.29 is 4.79 Å². The lowest BCUT2D eigenvalue weighted by Crippen LogP contribution is -2.28. The van der Waals surface area contributed by atoms with Crippen LogP contribution in [0, 0.1) is 31.1 Å². The fourth-order valence-electron chi connectivity index (χ4n) is 2.54. The molecule has 0 bridgehead atoms. The second-order valence-corrected chi connectivity index (χ2v) is 6.60. The van der Waals surface area contributed by atoms with Gasteiger partial charge in [0.2, 0.25) is 5.91 Å². The predicted molar refractivity (Wildman–Crippen MR) is 82.0 cm³/mol. The van der Waals surface area contributed by atoms with Gasteiger partial charge >= 0.3 is 0 Å². The molecule has 0 unspecified atom stereocenters. The van der Waals surface area contributed by atoms with Crippen molar-refractivity contribution in [1.29, 1.82) is 5.26 Å². The summed E-state index contributed by atoms with van der Waals surface area (Å²) in [4.78, 5) is 13.1. The van der Waals surface area contributed by atoms with Gasteiger partial charge in [0.15, 0.2) is 0 Å². The molecule has 0 atom stereocenters. The van der Waals surface area contributed by atoms with Gasteiger partial charge in [0.1, 0.15) is 11.1 Å². The first-order chi connectivity index (χ1) is 9.61. The number of rotatable bonds is 4. The van der Waals surface area contributed by atoms with Crippen LogP contribution in [0.25, 0.3) is 0 Å². The van der Waals surface area contributed by atoms with Crippen LogP contribution in [0.3, 0.4) is 0 Å². The van der Waals surface area contributed by atoms with E-state index in [2.05, 4.69) is 16.7 Å². The first-order valence-corrected chi connectivity index (χ1v) is 7.94. The smallest absolute Gasteiger partial charge is 0.225 e. The fraction of sp³-hybridized carbons (Fsp3) is 0.600. The van der Waals surface area contributed by atoms with Gasteiger partial charge in [0.25, 0.3) is 0 Å². The Labute approximate surface area is 124 Å². The van der Waals surface area contributed by atoms with Gasteiger partial charge in [0.05, 0.1) is 5.56 Å². The SMILES string of the molecule is Cc1sc(NC(=O)CCC2CCNCC2)c(C#N)c1C. The molecule has 2 N–H and O–H groups in total. The van der Waals surface area contributed by atoms with Gasteiger partial charge in [-0.15, -0.1) is 11.3 Å². The summed E-state index contributed by atoms with van der Waals surface area (Å²) in [5.74, 6) is 0.686. The van der Waals surface area contributed by atoms with Crippen LogP contribution >= 0.6 is 11.3 Å². The van der Waals surface area contributed by atoms with E-state index in [0.717, 1.165) is 42.8 Å². The van der Waals surface area contributed by atoms with Gasteiger partial charge < -0.3 is 10.6 Å². The lowest BCUT2D eigenvalue weighted by molar-refractivity contribution is -0.116. The van der Waals surface area contributed by atoms with E-state index in [4.69, 9.17) is 5.26 Å². The Morgan fingerprint density at radius 1 is 1.45 bits per heavy atom. The molecule has 1 fully saturated rings. The molecule has 1 aromatic heterocycles. The van der Waals surface area contributed by atoms with Crippen molar-refractivity contribution >= 4 is 22.2 Å². The Hall–Kier alpha value is -1.38. The molecule has 4 nitrogen and oxygen atoms in total.